The van der Waals surface area contributed by atoms with Gasteiger partial charge in [-0.15, -0.1) is 0 Å². The second-order valence-electron chi connectivity index (χ2n) is 3.24. The maximum Gasteiger partial charge on any atom is 0.129 e. The fourth-order valence-corrected chi connectivity index (χ4v) is 1.65. The largest absolute Gasteiger partial charge is 0.347 e. The molecule has 4 nitrogen and oxygen atoms in total. The lowest BCUT2D eigenvalue weighted by atomic mass is 10.1. The number of halogens is 2. The zero-order valence-electron chi connectivity index (χ0n) is 8.24. The minimum atomic E-state index is -0.521. The molecule has 1 aromatic carbocycles. The summed E-state index contributed by atoms with van der Waals surface area (Å²) in [5.41, 5.74) is 2.89. The quantitative estimate of drug-likeness (QED) is 0.566. The molecule has 0 aliphatic heterocycles. The van der Waals surface area contributed by atoms with E-state index in [4.69, 9.17) is 17.4 Å². The van der Waals surface area contributed by atoms with Gasteiger partial charge in [0, 0.05) is 23.0 Å². The highest BCUT2D eigenvalue weighted by Gasteiger charge is 2.18. The summed E-state index contributed by atoms with van der Waals surface area (Å²) in [5.74, 6) is 5.51. The number of imidazole rings is 1. The molecule has 0 saturated heterocycles. The van der Waals surface area contributed by atoms with E-state index in [-0.39, 0.29) is 0 Å². The van der Waals surface area contributed by atoms with Crippen molar-refractivity contribution in [1.82, 2.24) is 15.4 Å². The molecule has 0 saturated carbocycles. The molecule has 84 valence electrons. The van der Waals surface area contributed by atoms with Crippen LogP contribution in [-0.2, 0) is 0 Å². The third-order valence-corrected chi connectivity index (χ3v) is 2.47. The van der Waals surface area contributed by atoms with Crippen LogP contribution in [0.25, 0.3) is 0 Å². The van der Waals surface area contributed by atoms with E-state index in [2.05, 4.69) is 15.4 Å². The first-order valence-corrected chi connectivity index (χ1v) is 5.00. The predicted molar refractivity (Wildman–Crippen MR) is 59.2 cm³/mol. The van der Waals surface area contributed by atoms with Crippen molar-refractivity contribution in [3.8, 4) is 0 Å². The Hall–Kier alpha value is -1.43. The van der Waals surface area contributed by atoms with E-state index >= 15 is 0 Å². The van der Waals surface area contributed by atoms with Crippen LogP contribution in [0.2, 0.25) is 5.02 Å². The molecule has 0 aliphatic rings. The highest BCUT2D eigenvalue weighted by Crippen LogP contribution is 2.23. The molecule has 1 atom stereocenters. The molecule has 0 aliphatic carbocycles. The summed E-state index contributed by atoms with van der Waals surface area (Å²) >= 11 is 5.67. The Morgan fingerprint density at radius 1 is 1.50 bits per heavy atom. The van der Waals surface area contributed by atoms with Gasteiger partial charge in [-0.3, -0.25) is 5.84 Å². The van der Waals surface area contributed by atoms with E-state index in [0.29, 0.717) is 16.4 Å². The zero-order valence-corrected chi connectivity index (χ0v) is 9.00. The molecule has 0 fully saturated rings. The molecular formula is C10H10ClFN4. The number of nitrogens with zero attached hydrogens (tertiary/aromatic N) is 1. The Kier molecular flexibility index (Phi) is 3.19. The number of H-pyrrole nitrogens is 1. The van der Waals surface area contributed by atoms with E-state index in [1.54, 1.807) is 24.5 Å². The lowest BCUT2D eigenvalue weighted by molar-refractivity contribution is 0.547. The van der Waals surface area contributed by atoms with Gasteiger partial charge in [-0.25, -0.2) is 14.8 Å². The molecule has 0 radical (unpaired) electrons. The van der Waals surface area contributed by atoms with E-state index in [1.807, 2.05) is 0 Å². The number of nitrogens with two attached hydrogens (primary N) is 1. The van der Waals surface area contributed by atoms with Gasteiger partial charge in [0.2, 0.25) is 0 Å². The Labute approximate surface area is 96.6 Å². The molecule has 0 bridgehead atoms. The molecule has 4 N–H and O–H groups in total. The number of hydrogen-bond acceptors (Lipinski definition) is 3. The van der Waals surface area contributed by atoms with Gasteiger partial charge in [-0.05, 0) is 12.1 Å². The van der Waals surface area contributed by atoms with Crippen LogP contribution < -0.4 is 11.3 Å². The van der Waals surface area contributed by atoms with Gasteiger partial charge in [-0.2, -0.15) is 0 Å². The first-order valence-electron chi connectivity index (χ1n) is 4.62. The average molecular weight is 241 g/mol. The van der Waals surface area contributed by atoms with Gasteiger partial charge in [-0.1, -0.05) is 17.7 Å². The second-order valence-corrected chi connectivity index (χ2v) is 3.68. The molecule has 2 rings (SSSR count). The Morgan fingerprint density at radius 3 is 2.88 bits per heavy atom. The van der Waals surface area contributed by atoms with Crippen LogP contribution in [0.5, 0.6) is 0 Å². The van der Waals surface area contributed by atoms with E-state index in [1.165, 1.54) is 6.07 Å². The van der Waals surface area contributed by atoms with Gasteiger partial charge in [0.15, 0.2) is 0 Å². The molecule has 0 spiro atoms. The number of rotatable bonds is 3. The summed E-state index contributed by atoms with van der Waals surface area (Å²) in [5, 5.41) is 0.344. The van der Waals surface area contributed by atoms with Crippen molar-refractivity contribution in [2.24, 2.45) is 5.84 Å². The van der Waals surface area contributed by atoms with Crippen LogP contribution in [0.3, 0.4) is 0 Å². The van der Waals surface area contributed by atoms with Crippen LogP contribution in [0.15, 0.2) is 30.6 Å². The second kappa shape index (κ2) is 4.61. The van der Waals surface area contributed by atoms with Crippen molar-refractivity contribution in [1.29, 1.82) is 0 Å². The lowest BCUT2D eigenvalue weighted by Gasteiger charge is -2.14. The summed E-state index contributed by atoms with van der Waals surface area (Å²) in [6.45, 7) is 0. The van der Waals surface area contributed by atoms with Gasteiger partial charge in [0.1, 0.15) is 17.7 Å². The average Bonchev–Trinajstić information content (AvgIpc) is 2.75. The van der Waals surface area contributed by atoms with Crippen LogP contribution in [0.1, 0.15) is 17.4 Å². The van der Waals surface area contributed by atoms with Gasteiger partial charge in [0.25, 0.3) is 0 Å². The molecule has 1 unspecified atom stereocenters. The number of nitrogens with one attached hydrogen (secondary N) is 2. The van der Waals surface area contributed by atoms with Crippen molar-refractivity contribution < 1.29 is 4.39 Å². The van der Waals surface area contributed by atoms with Crippen molar-refractivity contribution >= 4 is 11.6 Å². The summed E-state index contributed by atoms with van der Waals surface area (Å²) in [4.78, 5) is 6.90. The van der Waals surface area contributed by atoms with E-state index in [9.17, 15) is 4.39 Å². The van der Waals surface area contributed by atoms with Crippen molar-refractivity contribution in [3.63, 3.8) is 0 Å². The van der Waals surface area contributed by atoms with Crippen LogP contribution in [0, 0.1) is 5.82 Å². The highest BCUT2D eigenvalue weighted by molar-refractivity contribution is 6.30. The lowest BCUT2D eigenvalue weighted by Crippen LogP contribution is -2.30. The molecule has 0 amide bonds. The zero-order chi connectivity index (χ0) is 11.5. The SMILES string of the molecule is NNC(c1ncc[nH]1)c1ccc(Cl)cc1F. The topological polar surface area (TPSA) is 66.7 Å². The molecule has 1 aromatic heterocycles. The van der Waals surface area contributed by atoms with Crippen LogP contribution >= 0.6 is 11.6 Å². The van der Waals surface area contributed by atoms with Crippen molar-refractivity contribution in [2.45, 2.75) is 6.04 Å². The minimum absolute atomic E-state index is 0.344. The van der Waals surface area contributed by atoms with E-state index in [0.717, 1.165) is 0 Å². The number of benzene rings is 1. The Balaban J connectivity index is 2.41. The Bertz CT molecular complexity index is 472. The molecular weight excluding hydrogens is 231 g/mol. The van der Waals surface area contributed by atoms with E-state index < -0.39 is 11.9 Å². The third-order valence-electron chi connectivity index (χ3n) is 2.23. The molecule has 16 heavy (non-hydrogen) atoms. The number of aromatic nitrogens is 2. The number of aromatic amines is 1. The Morgan fingerprint density at radius 2 is 2.31 bits per heavy atom. The van der Waals surface area contributed by atoms with Gasteiger partial charge < -0.3 is 4.98 Å². The predicted octanol–water partition coefficient (Wildman–Crippen LogP) is 1.75. The monoisotopic (exact) mass is 240 g/mol. The summed E-state index contributed by atoms with van der Waals surface area (Å²) in [6, 6.07) is 3.90. The van der Waals surface area contributed by atoms with Crippen molar-refractivity contribution in [2.75, 3.05) is 0 Å². The van der Waals surface area contributed by atoms with Crippen LogP contribution in [-0.4, -0.2) is 9.97 Å². The fraction of sp³-hybridized carbons (Fsp3) is 0.100. The first kappa shape index (κ1) is 11.1. The molecule has 1 heterocycles. The minimum Gasteiger partial charge on any atom is -0.347 e. The standard InChI is InChI=1S/C10H10ClFN4/c11-6-1-2-7(8(12)5-6)9(16-13)10-14-3-4-15-10/h1-5,9,16H,13H2,(H,14,15). The third kappa shape index (κ3) is 2.06. The molecule has 6 heteroatoms. The summed E-state index contributed by atoms with van der Waals surface area (Å²) in [7, 11) is 0. The maximum atomic E-state index is 13.7. The number of hydrazine groups is 1. The maximum absolute atomic E-state index is 13.7. The highest BCUT2D eigenvalue weighted by atomic mass is 35.5. The summed E-state index contributed by atoms with van der Waals surface area (Å²) < 4.78 is 13.7. The first-order chi connectivity index (χ1) is 7.72. The fourth-order valence-electron chi connectivity index (χ4n) is 1.49. The van der Waals surface area contributed by atoms with Gasteiger partial charge in [0.05, 0.1) is 0 Å². The molecule has 2 aromatic rings. The normalized spacial score (nSPS) is 12.7. The van der Waals surface area contributed by atoms with Crippen molar-refractivity contribution in [3.05, 3.63) is 52.8 Å². The smallest absolute Gasteiger partial charge is 0.129 e. The summed E-state index contributed by atoms with van der Waals surface area (Å²) in [6.07, 6.45) is 3.22. The van der Waals surface area contributed by atoms with Gasteiger partial charge >= 0.3 is 0 Å². The number of hydrogen-bond donors (Lipinski definition) is 3. The van der Waals surface area contributed by atoms with Crippen LogP contribution in [0.4, 0.5) is 4.39 Å².